The number of ether oxygens (including phenoxy) is 2. The summed E-state index contributed by atoms with van der Waals surface area (Å²) in [6, 6.07) is 14.7. The molecule has 1 heterocycles. The summed E-state index contributed by atoms with van der Waals surface area (Å²) in [5.74, 6) is 1.22. The number of hydrogen-bond acceptors (Lipinski definition) is 4. The van der Waals surface area contributed by atoms with Crippen LogP contribution in [0.1, 0.15) is 41.0 Å². The van der Waals surface area contributed by atoms with Crippen molar-refractivity contribution in [3.05, 3.63) is 95.9 Å². The monoisotopic (exact) mass is 577 g/mol. The van der Waals surface area contributed by atoms with Crippen LogP contribution < -0.4 is 15.0 Å². The molecule has 0 aliphatic heterocycles. The molecule has 0 N–H and O–H groups in total. The van der Waals surface area contributed by atoms with Crippen molar-refractivity contribution < 1.29 is 14.3 Å². The highest BCUT2D eigenvalue weighted by Gasteiger charge is 2.15. The Hall–Kier alpha value is -2.58. The molecule has 0 aliphatic rings. The maximum Gasteiger partial charge on any atom is 0.264 e. The molecule has 5 nitrogen and oxygen atoms in total. The maximum absolute atomic E-state index is 12.9. The van der Waals surface area contributed by atoms with Gasteiger partial charge in [0.15, 0.2) is 11.5 Å². The summed E-state index contributed by atoms with van der Waals surface area (Å²) in [6.45, 7) is 4.93. The van der Waals surface area contributed by atoms with Crippen LogP contribution in [0, 0.1) is 3.57 Å². The predicted molar refractivity (Wildman–Crippen MR) is 141 cm³/mol. The Labute approximate surface area is 212 Å². The number of rotatable bonds is 10. The normalized spacial score (nSPS) is 11.0. The van der Waals surface area contributed by atoms with Crippen molar-refractivity contribution in [3.8, 4) is 11.5 Å². The molecule has 172 valence electrons. The average Bonchev–Trinajstić information content (AvgIpc) is 2.82. The van der Waals surface area contributed by atoms with E-state index in [-0.39, 0.29) is 12.2 Å². The van der Waals surface area contributed by atoms with Crippen molar-refractivity contribution in [1.29, 1.82) is 0 Å². The molecule has 0 aliphatic carbocycles. The number of aldehydes is 1. The van der Waals surface area contributed by atoms with Gasteiger partial charge < -0.3 is 14.0 Å². The molecule has 0 bridgehead atoms. The van der Waals surface area contributed by atoms with Crippen LogP contribution in [0.4, 0.5) is 0 Å². The Bertz CT molecular complexity index is 1200. The van der Waals surface area contributed by atoms with E-state index in [9.17, 15) is 9.59 Å². The molecule has 0 unspecified atom stereocenters. The number of aromatic nitrogens is 1. The molecule has 0 saturated carbocycles. The highest BCUT2D eigenvalue weighted by atomic mass is 127. The van der Waals surface area contributed by atoms with E-state index in [1.807, 2.05) is 78.9 Å². The summed E-state index contributed by atoms with van der Waals surface area (Å²) >= 11 is 8.55. The third-order valence-corrected chi connectivity index (χ3v) is 6.14. The number of benzene rings is 2. The third-order valence-electron chi connectivity index (χ3n) is 5.04. The first-order valence-electron chi connectivity index (χ1n) is 10.6. The third kappa shape index (κ3) is 6.48. The molecule has 3 aromatic rings. The molecule has 0 atom stereocenters. The van der Waals surface area contributed by atoms with E-state index in [1.54, 1.807) is 22.8 Å². The maximum atomic E-state index is 12.9. The van der Waals surface area contributed by atoms with Crippen LogP contribution in [0.3, 0.4) is 0 Å². The number of halogens is 2. The van der Waals surface area contributed by atoms with Crippen LogP contribution in [0.5, 0.6) is 11.5 Å². The zero-order valence-electron chi connectivity index (χ0n) is 18.5. The summed E-state index contributed by atoms with van der Waals surface area (Å²) in [4.78, 5) is 23.8. The van der Waals surface area contributed by atoms with Gasteiger partial charge in [-0.05, 0) is 72.2 Å². The van der Waals surface area contributed by atoms with Crippen LogP contribution in [-0.4, -0.2) is 17.5 Å². The highest BCUT2D eigenvalue weighted by Crippen LogP contribution is 2.30. The molecule has 0 amide bonds. The molecule has 1 aromatic heterocycles. The summed E-state index contributed by atoms with van der Waals surface area (Å²) < 4.78 is 14.0. The summed E-state index contributed by atoms with van der Waals surface area (Å²) in [7, 11) is 0. The minimum Gasteiger partial charge on any atom is -0.490 e. The molecular weight excluding hydrogens is 553 g/mol. The number of aryl methyl sites for hydroxylation is 1. The van der Waals surface area contributed by atoms with Gasteiger partial charge in [0.05, 0.1) is 20.9 Å². The minimum atomic E-state index is -0.115. The van der Waals surface area contributed by atoms with Gasteiger partial charge >= 0.3 is 0 Å². The molecule has 0 spiro atoms. The number of nitrogens with zero attached hydrogens (tertiary/aromatic N) is 1. The van der Waals surface area contributed by atoms with Crippen molar-refractivity contribution in [1.82, 2.24) is 4.57 Å². The molecule has 33 heavy (non-hydrogen) atoms. The smallest absolute Gasteiger partial charge is 0.264 e. The van der Waals surface area contributed by atoms with Crippen molar-refractivity contribution in [2.75, 3.05) is 6.61 Å². The van der Waals surface area contributed by atoms with E-state index in [0.717, 1.165) is 17.4 Å². The summed E-state index contributed by atoms with van der Waals surface area (Å²) in [5.41, 5.74) is 3.11. The lowest BCUT2D eigenvalue weighted by Crippen LogP contribution is -2.27. The Balaban J connectivity index is 1.88. The molecule has 0 fully saturated rings. The zero-order valence-corrected chi connectivity index (χ0v) is 21.4. The van der Waals surface area contributed by atoms with E-state index < -0.39 is 0 Å². The van der Waals surface area contributed by atoms with Gasteiger partial charge in [0.2, 0.25) is 0 Å². The van der Waals surface area contributed by atoms with Gasteiger partial charge in [-0.1, -0.05) is 54.1 Å². The second-order valence-electron chi connectivity index (χ2n) is 7.28. The number of pyridine rings is 1. The van der Waals surface area contributed by atoms with Crippen LogP contribution in [0.2, 0.25) is 5.02 Å². The van der Waals surface area contributed by atoms with Crippen molar-refractivity contribution >= 4 is 46.6 Å². The molecular formula is C26H25ClINO4. The van der Waals surface area contributed by atoms with Gasteiger partial charge in [-0.25, -0.2) is 0 Å². The fourth-order valence-electron chi connectivity index (χ4n) is 3.38. The van der Waals surface area contributed by atoms with Crippen LogP contribution in [-0.2, 0) is 19.6 Å². The quantitative estimate of drug-likeness (QED) is 0.214. The Morgan fingerprint density at radius 2 is 1.76 bits per heavy atom. The van der Waals surface area contributed by atoms with E-state index in [1.165, 1.54) is 0 Å². The first-order valence-corrected chi connectivity index (χ1v) is 12.1. The summed E-state index contributed by atoms with van der Waals surface area (Å²) in [6.07, 6.45) is 5.36. The van der Waals surface area contributed by atoms with E-state index in [2.05, 4.69) is 0 Å². The number of allylic oxidation sites excluding steroid dienone is 1. The Morgan fingerprint density at radius 1 is 1.03 bits per heavy atom. The predicted octanol–water partition coefficient (Wildman–Crippen LogP) is 6.17. The van der Waals surface area contributed by atoms with Gasteiger partial charge in [0.1, 0.15) is 12.9 Å². The number of hydrogen-bond donors (Lipinski definition) is 0. The molecule has 0 radical (unpaired) electrons. The van der Waals surface area contributed by atoms with Crippen molar-refractivity contribution in [2.45, 2.75) is 33.4 Å². The van der Waals surface area contributed by atoms with Crippen LogP contribution in [0.15, 0.2) is 59.4 Å². The van der Waals surface area contributed by atoms with Crippen molar-refractivity contribution in [2.24, 2.45) is 0 Å². The topological polar surface area (TPSA) is 57.5 Å². The van der Waals surface area contributed by atoms with E-state index in [0.29, 0.717) is 50.9 Å². The molecule has 7 heteroatoms. The Kier molecular flexibility index (Phi) is 9.14. The van der Waals surface area contributed by atoms with Gasteiger partial charge in [0, 0.05) is 12.1 Å². The van der Waals surface area contributed by atoms with E-state index >= 15 is 0 Å². The average molecular weight is 578 g/mol. The second-order valence-corrected chi connectivity index (χ2v) is 8.85. The fourth-order valence-corrected chi connectivity index (χ4v) is 4.43. The Morgan fingerprint density at radius 3 is 2.42 bits per heavy atom. The lowest BCUT2D eigenvalue weighted by atomic mass is 10.1. The highest BCUT2D eigenvalue weighted by molar-refractivity contribution is 14.1. The van der Waals surface area contributed by atoms with E-state index in [4.69, 9.17) is 21.1 Å². The van der Waals surface area contributed by atoms with Gasteiger partial charge in [0.25, 0.3) is 5.56 Å². The fraction of sp³-hybridized carbons (Fsp3) is 0.231. The first-order chi connectivity index (χ1) is 16.0. The lowest BCUT2D eigenvalue weighted by Gasteiger charge is -2.18. The molecule has 2 aromatic carbocycles. The van der Waals surface area contributed by atoms with Gasteiger partial charge in [-0.2, -0.15) is 0 Å². The zero-order chi connectivity index (χ0) is 23.8. The van der Waals surface area contributed by atoms with Gasteiger partial charge in [-0.3, -0.25) is 9.59 Å². The number of carbonyl (C=O) groups is 1. The second kappa shape index (κ2) is 12.0. The largest absolute Gasteiger partial charge is 0.490 e. The lowest BCUT2D eigenvalue weighted by molar-refractivity contribution is 0.112. The summed E-state index contributed by atoms with van der Waals surface area (Å²) in [5, 5.41) is 0.470. The SMILES string of the molecule is C/C=C/c1ccc(OCC)c(OCc2c(Cl)cc(I)c(=O)n2CCc2ccc(C=O)cc2)c1. The number of carbonyl (C=O) groups excluding carboxylic acids is 1. The van der Waals surface area contributed by atoms with Crippen molar-refractivity contribution in [3.63, 3.8) is 0 Å². The minimum absolute atomic E-state index is 0.115. The van der Waals surface area contributed by atoms with Crippen LogP contribution >= 0.6 is 34.2 Å². The standard InChI is InChI=1S/C26H25ClINO4/c1-3-5-19-10-11-24(32-4-2)25(14-19)33-17-23-21(27)15-22(28)26(31)29(23)13-12-18-6-8-20(16-30)9-7-18/h3,5-11,14-16H,4,12-13,17H2,1-2H3/b5-3+. The van der Waals surface area contributed by atoms with Crippen LogP contribution in [0.25, 0.3) is 6.08 Å². The first kappa shape index (κ1) is 25.1. The molecule has 0 saturated heterocycles. The van der Waals surface area contributed by atoms with Gasteiger partial charge in [-0.15, -0.1) is 0 Å². The molecule has 3 rings (SSSR count).